The molecule has 1 unspecified atom stereocenters. The summed E-state index contributed by atoms with van der Waals surface area (Å²) in [5.41, 5.74) is -1.18. The summed E-state index contributed by atoms with van der Waals surface area (Å²) in [4.78, 5) is 26.6. The Hall–Kier alpha value is -1.40. The number of nitrogens with zero attached hydrogens (tertiary/aromatic N) is 1. The van der Waals surface area contributed by atoms with E-state index in [1.165, 1.54) is 12.0 Å². The number of carbonyl (C=O) groups excluding carboxylic acids is 1. The van der Waals surface area contributed by atoms with E-state index in [2.05, 4.69) is 0 Å². The van der Waals surface area contributed by atoms with Gasteiger partial charge in [-0.3, -0.25) is 4.79 Å². The Labute approximate surface area is 122 Å². The van der Waals surface area contributed by atoms with Crippen LogP contribution < -0.4 is 0 Å². The van der Waals surface area contributed by atoms with Crippen molar-refractivity contribution in [2.75, 3.05) is 20.3 Å². The number of hydrogen-bond donors (Lipinski definition) is 1. The summed E-state index contributed by atoms with van der Waals surface area (Å²) in [5, 5.41) is 11.5. The van der Waals surface area contributed by atoms with Gasteiger partial charge in [-0.05, 0) is 30.7 Å². The third-order valence-electron chi connectivity index (χ3n) is 3.74. The lowest BCUT2D eigenvalue weighted by Crippen LogP contribution is -2.56. The SMILES string of the molecule is COCC1(C(=O)O)CCCN1C(=O)CCc1cccs1. The zero-order valence-corrected chi connectivity index (χ0v) is 12.3. The number of carbonyl (C=O) groups is 2. The third kappa shape index (κ3) is 2.86. The average Bonchev–Trinajstić information content (AvgIpc) is 3.06. The molecule has 0 radical (unpaired) electrons. The number of carboxylic acids is 1. The van der Waals surface area contributed by atoms with Crippen LogP contribution in [0.1, 0.15) is 24.1 Å². The molecule has 110 valence electrons. The minimum Gasteiger partial charge on any atom is -0.479 e. The van der Waals surface area contributed by atoms with Gasteiger partial charge in [-0.1, -0.05) is 6.07 Å². The second-order valence-electron chi connectivity index (χ2n) is 5.00. The molecule has 1 aliphatic heterocycles. The topological polar surface area (TPSA) is 66.8 Å². The molecule has 1 N–H and O–H groups in total. The van der Waals surface area contributed by atoms with E-state index in [1.807, 2.05) is 17.5 Å². The maximum atomic E-state index is 12.3. The molecular weight excluding hydrogens is 278 g/mol. The molecule has 1 aromatic heterocycles. The normalized spacial score (nSPS) is 22.1. The van der Waals surface area contributed by atoms with Crippen molar-refractivity contribution in [1.29, 1.82) is 0 Å². The highest BCUT2D eigenvalue weighted by molar-refractivity contribution is 7.09. The van der Waals surface area contributed by atoms with E-state index in [9.17, 15) is 14.7 Å². The standard InChI is InChI=1S/C14H19NO4S/c1-19-10-14(13(17)18)7-3-8-15(14)12(16)6-5-11-4-2-9-20-11/h2,4,9H,3,5-8,10H2,1H3,(H,17,18). The number of carboxylic acid groups (broad SMARTS) is 1. The maximum absolute atomic E-state index is 12.3. The number of aryl methyl sites for hydroxylation is 1. The Balaban J connectivity index is 2.05. The molecule has 1 amide bonds. The number of hydrogen-bond acceptors (Lipinski definition) is 4. The fourth-order valence-corrected chi connectivity index (χ4v) is 3.44. The molecule has 1 atom stereocenters. The fourth-order valence-electron chi connectivity index (χ4n) is 2.73. The summed E-state index contributed by atoms with van der Waals surface area (Å²) in [7, 11) is 1.47. The smallest absolute Gasteiger partial charge is 0.332 e. The highest BCUT2D eigenvalue weighted by Gasteiger charge is 2.49. The van der Waals surface area contributed by atoms with Crippen molar-refractivity contribution in [1.82, 2.24) is 4.90 Å². The number of amides is 1. The first-order valence-electron chi connectivity index (χ1n) is 6.65. The number of thiophene rings is 1. The largest absolute Gasteiger partial charge is 0.479 e. The van der Waals surface area contributed by atoms with Gasteiger partial charge in [-0.2, -0.15) is 0 Å². The van der Waals surface area contributed by atoms with Gasteiger partial charge >= 0.3 is 5.97 Å². The summed E-state index contributed by atoms with van der Waals surface area (Å²) >= 11 is 1.61. The van der Waals surface area contributed by atoms with E-state index in [1.54, 1.807) is 11.3 Å². The van der Waals surface area contributed by atoms with Crippen LogP contribution in [0.2, 0.25) is 0 Å². The molecule has 1 saturated heterocycles. The van der Waals surface area contributed by atoms with Crippen LogP contribution in [0.4, 0.5) is 0 Å². The molecule has 0 spiro atoms. The van der Waals surface area contributed by atoms with Gasteiger partial charge < -0.3 is 14.7 Å². The van der Waals surface area contributed by atoms with Gasteiger partial charge in [-0.15, -0.1) is 11.3 Å². The second kappa shape index (κ2) is 6.37. The van der Waals surface area contributed by atoms with Crippen molar-refractivity contribution in [3.05, 3.63) is 22.4 Å². The Morgan fingerprint density at radius 3 is 2.95 bits per heavy atom. The molecular formula is C14H19NO4S. The van der Waals surface area contributed by atoms with Crippen molar-refractivity contribution in [3.63, 3.8) is 0 Å². The number of aliphatic carboxylic acids is 1. The van der Waals surface area contributed by atoms with Gasteiger partial charge in [0, 0.05) is 25.0 Å². The van der Waals surface area contributed by atoms with Crippen molar-refractivity contribution in [3.8, 4) is 0 Å². The zero-order valence-electron chi connectivity index (χ0n) is 11.5. The van der Waals surface area contributed by atoms with Crippen molar-refractivity contribution >= 4 is 23.2 Å². The Morgan fingerprint density at radius 2 is 2.35 bits per heavy atom. The van der Waals surface area contributed by atoms with Crippen LogP contribution >= 0.6 is 11.3 Å². The molecule has 1 fully saturated rings. The van der Waals surface area contributed by atoms with Crippen molar-refractivity contribution in [2.24, 2.45) is 0 Å². The lowest BCUT2D eigenvalue weighted by atomic mass is 9.97. The van der Waals surface area contributed by atoms with Gasteiger partial charge in [-0.25, -0.2) is 4.79 Å². The van der Waals surface area contributed by atoms with Crippen molar-refractivity contribution in [2.45, 2.75) is 31.2 Å². The van der Waals surface area contributed by atoms with Crippen LogP contribution in [-0.4, -0.2) is 47.7 Å². The molecule has 2 rings (SSSR count). The predicted octanol–water partition coefficient (Wildman–Crippen LogP) is 1.77. The maximum Gasteiger partial charge on any atom is 0.332 e. The Morgan fingerprint density at radius 1 is 1.55 bits per heavy atom. The molecule has 5 nitrogen and oxygen atoms in total. The van der Waals surface area contributed by atoms with Gasteiger partial charge in [0.2, 0.25) is 5.91 Å². The number of methoxy groups -OCH3 is 1. The van der Waals surface area contributed by atoms with Crippen LogP contribution in [0, 0.1) is 0 Å². The van der Waals surface area contributed by atoms with Crippen LogP contribution in [-0.2, 0) is 20.7 Å². The van der Waals surface area contributed by atoms with E-state index in [4.69, 9.17) is 4.74 Å². The minimum absolute atomic E-state index is 0.0487. The molecule has 6 heteroatoms. The van der Waals surface area contributed by atoms with E-state index in [-0.39, 0.29) is 12.5 Å². The highest BCUT2D eigenvalue weighted by atomic mass is 32.1. The van der Waals surface area contributed by atoms with E-state index < -0.39 is 11.5 Å². The summed E-state index contributed by atoms with van der Waals surface area (Å²) in [6.45, 7) is 0.548. The number of ether oxygens (including phenoxy) is 1. The first-order chi connectivity index (χ1) is 9.60. The summed E-state index contributed by atoms with van der Waals surface area (Å²) < 4.78 is 5.05. The van der Waals surface area contributed by atoms with Gasteiger partial charge in [0.25, 0.3) is 0 Å². The van der Waals surface area contributed by atoms with Gasteiger partial charge in [0.15, 0.2) is 5.54 Å². The monoisotopic (exact) mass is 297 g/mol. The van der Waals surface area contributed by atoms with Crippen LogP contribution in [0.15, 0.2) is 17.5 Å². The Bertz CT molecular complexity index is 474. The lowest BCUT2D eigenvalue weighted by Gasteiger charge is -2.34. The quantitative estimate of drug-likeness (QED) is 0.869. The highest BCUT2D eigenvalue weighted by Crippen LogP contribution is 2.31. The molecule has 20 heavy (non-hydrogen) atoms. The summed E-state index contributed by atoms with van der Waals surface area (Å²) in [6.07, 6.45) is 2.18. The number of rotatable bonds is 6. The van der Waals surface area contributed by atoms with Gasteiger partial charge in [0.1, 0.15) is 0 Å². The first-order valence-corrected chi connectivity index (χ1v) is 7.53. The Kier molecular flexibility index (Phi) is 4.77. The molecule has 0 aliphatic carbocycles. The molecule has 1 aliphatic rings. The summed E-state index contributed by atoms with van der Waals surface area (Å²) in [6, 6.07) is 3.94. The fraction of sp³-hybridized carbons (Fsp3) is 0.571. The summed E-state index contributed by atoms with van der Waals surface area (Å²) in [5.74, 6) is -1.07. The molecule has 0 aromatic carbocycles. The zero-order chi connectivity index (χ0) is 14.6. The second-order valence-corrected chi connectivity index (χ2v) is 6.03. The molecule has 0 bridgehead atoms. The van der Waals surface area contributed by atoms with Crippen molar-refractivity contribution < 1.29 is 19.4 Å². The number of likely N-dealkylation sites (tertiary alicyclic amines) is 1. The average molecular weight is 297 g/mol. The first kappa shape index (κ1) is 15.0. The van der Waals surface area contributed by atoms with Crippen LogP contribution in [0.3, 0.4) is 0 Å². The predicted molar refractivity (Wildman–Crippen MR) is 75.8 cm³/mol. The lowest BCUT2D eigenvalue weighted by molar-refractivity contribution is -0.160. The van der Waals surface area contributed by atoms with E-state index in [0.717, 1.165) is 4.88 Å². The van der Waals surface area contributed by atoms with E-state index in [0.29, 0.717) is 32.2 Å². The van der Waals surface area contributed by atoms with Gasteiger partial charge in [0.05, 0.1) is 6.61 Å². The molecule has 1 aromatic rings. The molecule has 2 heterocycles. The van der Waals surface area contributed by atoms with Crippen LogP contribution in [0.5, 0.6) is 0 Å². The van der Waals surface area contributed by atoms with E-state index >= 15 is 0 Å². The molecule has 0 saturated carbocycles. The van der Waals surface area contributed by atoms with Crippen LogP contribution in [0.25, 0.3) is 0 Å². The third-order valence-corrected chi connectivity index (χ3v) is 4.67. The minimum atomic E-state index is -1.18.